The molecule has 0 saturated carbocycles. The summed E-state index contributed by atoms with van der Waals surface area (Å²) in [7, 11) is 0. The van der Waals surface area contributed by atoms with Crippen molar-refractivity contribution in [3.05, 3.63) is 35.9 Å². The van der Waals surface area contributed by atoms with Crippen molar-refractivity contribution in [2.45, 2.75) is 12.8 Å². The maximum Gasteiger partial charge on any atom is 0.321 e. The zero-order chi connectivity index (χ0) is 12.7. The van der Waals surface area contributed by atoms with Crippen LogP contribution in [0.25, 0.3) is 0 Å². The molecule has 2 N–H and O–H groups in total. The number of halogens is 1. The third-order valence-electron chi connectivity index (χ3n) is 2.31. The van der Waals surface area contributed by atoms with E-state index in [4.69, 9.17) is 11.6 Å². The van der Waals surface area contributed by atoms with Crippen molar-refractivity contribution in [3.8, 4) is 0 Å². The highest BCUT2D eigenvalue weighted by Gasteiger charge is 2.09. The van der Waals surface area contributed by atoms with Crippen LogP contribution in [0.4, 0.5) is 4.79 Å². The molecule has 1 aromatic carbocycles. The molecule has 0 bridgehead atoms. The average Bonchev–Trinajstić information content (AvgIpc) is 2.36. The van der Waals surface area contributed by atoms with Gasteiger partial charge in [-0.1, -0.05) is 37.3 Å². The third-order valence-corrected chi connectivity index (χ3v) is 2.55. The van der Waals surface area contributed by atoms with E-state index in [2.05, 4.69) is 10.6 Å². The molecule has 0 heterocycles. The van der Waals surface area contributed by atoms with Crippen molar-refractivity contribution in [3.63, 3.8) is 0 Å². The van der Waals surface area contributed by atoms with Crippen LogP contribution in [0.15, 0.2) is 30.3 Å². The number of hydrogen-bond donors (Lipinski definition) is 2. The van der Waals surface area contributed by atoms with Gasteiger partial charge in [0.25, 0.3) is 0 Å². The normalized spacial score (nSPS) is 11.6. The Morgan fingerprint density at radius 2 is 1.94 bits per heavy atom. The molecule has 17 heavy (non-hydrogen) atoms. The molecule has 92 valence electrons. The first-order valence-electron chi connectivity index (χ1n) is 5.32. The van der Waals surface area contributed by atoms with Crippen LogP contribution in [0.3, 0.4) is 0 Å². The molecule has 0 fully saturated rings. The molecule has 1 atom stereocenters. The SMILES string of the molecule is CC(CNC(=O)NC(=O)CCl)c1ccccc1. The van der Waals surface area contributed by atoms with E-state index in [1.807, 2.05) is 37.3 Å². The number of amides is 3. The predicted molar refractivity (Wildman–Crippen MR) is 67.1 cm³/mol. The molecule has 5 heteroatoms. The van der Waals surface area contributed by atoms with Gasteiger partial charge >= 0.3 is 6.03 Å². The van der Waals surface area contributed by atoms with E-state index in [0.717, 1.165) is 5.56 Å². The lowest BCUT2D eigenvalue weighted by molar-refractivity contribution is -0.117. The highest BCUT2D eigenvalue weighted by atomic mass is 35.5. The van der Waals surface area contributed by atoms with E-state index in [9.17, 15) is 9.59 Å². The Kier molecular flexibility index (Phi) is 5.49. The van der Waals surface area contributed by atoms with Crippen LogP contribution in [-0.2, 0) is 4.79 Å². The molecule has 0 aliphatic heterocycles. The Balaban J connectivity index is 2.36. The number of rotatable bonds is 4. The fourth-order valence-electron chi connectivity index (χ4n) is 1.35. The summed E-state index contributed by atoms with van der Waals surface area (Å²) >= 11 is 5.26. The van der Waals surface area contributed by atoms with Crippen molar-refractivity contribution in [2.24, 2.45) is 0 Å². The van der Waals surface area contributed by atoms with Gasteiger partial charge < -0.3 is 5.32 Å². The summed E-state index contributed by atoms with van der Waals surface area (Å²) in [6, 6.07) is 9.31. The first kappa shape index (κ1) is 13.5. The van der Waals surface area contributed by atoms with Gasteiger partial charge in [0.2, 0.25) is 5.91 Å². The standard InChI is InChI=1S/C12H15ClN2O2/c1-9(10-5-3-2-4-6-10)8-14-12(17)15-11(16)7-13/h2-6,9H,7-8H2,1H3,(H2,14,15,16,17). The molecule has 1 aromatic rings. The lowest BCUT2D eigenvalue weighted by atomic mass is 10.0. The first-order chi connectivity index (χ1) is 8.13. The number of imide groups is 1. The zero-order valence-corrected chi connectivity index (χ0v) is 10.3. The number of alkyl halides is 1. The topological polar surface area (TPSA) is 58.2 Å². The number of carbonyl (C=O) groups is 2. The summed E-state index contributed by atoms with van der Waals surface area (Å²) in [5.41, 5.74) is 1.14. The molecular formula is C12H15ClN2O2. The monoisotopic (exact) mass is 254 g/mol. The van der Waals surface area contributed by atoms with Gasteiger partial charge in [-0.15, -0.1) is 11.6 Å². The van der Waals surface area contributed by atoms with E-state index in [-0.39, 0.29) is 11.8 Å². The van der Waals surface area contributed by atoms with E-state index >= 15 is 0 Å². The molecule has 4 nitrogen and oxygen atoms in total. The van der Waals surface area contributed by atoms with E-state index in [0.29, 0.717) is 6.54 Å². The molecule has 0 spiro atoms. The van der Waals surface area contributed by atoms with Crippen molar-refractivity contribution < 1.29 is 9.59 Å². The Hall–Kier alpha value is -1.55. The third kappa shape index (κ3) is 4.87. The van der Waals surface area contributed by atoms with E-state index in [1.165, 1.54) is 0 Å². The fraction of sp³-hybridized carbons (Fsp3) is 0.333. The molecule has 1 rings (SSSR count). The summed E-state index contributed by atoms with van der Waals surface area (Å²) in [5, 5.41) is 4.73. The lowest BCUT2D eigenvalue weighted by Gasteiger charge is -2.12. The molecular weight excluding hydrogens is 240 g/mol. The van der Waals surface area contributed by atoms with Crippen LogP contribution in [0.1, 0.15) is 18.4 Å². The van der Waals surface area contributed by atoms with Crippen molar-refractivity contribution >= 4 is 23.5 Å². The molecule has 1 unspecified atom stereocenters. The second-order valence-electron chi connectivity index (χ2n) is 3.70. The minimum Gasteiger partial charge on any atom is -0.337 e. The molecule has 0 aromatic heterocycles. The zero-order valence-electron chi connectivity index (χ0n) is 9.57. The van der Waals surface area contributed by atoms with Crippen LogP contribution in [0, 0.1) is 0 Å². The number of nitrogens with one attached hydrogen (secondary N) is 2. The molecule has 3 amide bonds. The van der Waals surface area contributed by atoms with Gasteiger partial charge in [0.05, 0.1) is 0 Å². The highest BCUT2D eigenvalue weighted by molar-refractivity contribution is 6.28. The molecule has 0 saturated heterocycles. The minimum absolute atomic E-state index is 0.188. The van der Waals surface area contributed by atoms with E-state index in [1.54, 1.807) is 0 Å². The van der Waals surface area contributed by atoms with Crippen molar-refractivity contribution in [2.75, 3.05) is 12.4 Å². The Morgan fingerprint density at radius 1 is 1.29 bits per heavy atom. The predicted octanol–water partition coefficient (Wildman–Crippen LogP) is 1.85. The van der Waals surface area contributed by atoms with Gasteiger partial charge in [0.15, 0.2) is 0 Å². The number of carbonyl (C=O) groups excluding carboxylic acids is 2. The van der Waals surface area contributed by atoms with Crippen LogP contribution >= 0.6 is 11.6 Å². The van der Waals surface area contributed by atoms with Gasteiger partial charge in [-0.25, -0.2) is 4.79 Å². The number of benzene rings is 1. The molecule has 0 radical (unpaired) electrons. The van der Waals surface area contributed by atoms with Crippen LogP contribution in [0.2, 0.25) is 0 Å². The smallest absolute Gasteiger partial charge is 0.321 e. The quantitative estimate of drug-likeness (QED) is 0.806. The molecule has 0 aliphatic carbocycles. The fourth-order valence-corrected chi connectivity index (χ4v) is 1.42. The summed E-state index contributed by atoms with van der Waals surface area (Å²) < 4.78 is 0. The maximum atomic E-state index is 11.2. The van der Waals surface area contributed by atoms with Crippen LogP contribution in [0.5, 0.6) is 0 Å². The highest BCUT2D eigenvalue weighted by Crippen LogP contribution is 2.12. The van der Waals surface area contributed by atoms with Gasteiger partial charge in [-0.3, -0.25) is 10.1 Å². The second-order valence-corrected chi connectivity index (χ2v) is 3.97. The summed E-state index contributed by atoms with van der Waals surface area (Å²) in [4.78, 5) is 22.1. The van der Waals surface area contributed by atoms with Gasteiger partial charge in [0, 0.05) is 6.54 Å². The lowest BCUT2D eigenvalue weighted by Crippen LogP contribution is -2.41. The number of urea groups is 1. The average molecular weight is 255 g/mol. The van der Waals surface area contributed by atoms with Gasteiger partial charge in [-0.2, -0.15) is 0 Å². The van der Waals surface area contributed by atoms with Crippen molar-refractivity contribution in [1.29, 1.82) is 0 Å². The van der Waals surface area contributed by atoms with Crippen molar-refractivity contribution in [1.82, 2.24) is 10.6 Å². The van der Waals surface area contributed by atoms with Crippen LogP contribution in [-0.4, -0.2) is 24.4 Å². The van der Waals surface area contributed by atoms with E-state index < -0.39 is 11.9 Å². The first-order valence-corrected chi connectivity index (χ1v) is 5.85. The molecule has 0 aliphatic rings. The minimum atomic E-state index is -0.515. The Labute approximate surface area is 105 Å². The maximum absolute atomic E-state index is 11.2. The second kappa shape index (κ2) is 6.91. The summed E-state index contributed by atoms with van der Waals surface area (Å²) in [6.45, 7) is 2.46. The van der Waals surface area contributed by atoms with Gasteiger partial charge in [0.1, 0.15) is 5.88 Å². The number of hydrogen-bond acceptors (Lipinski definition) is 2. The van der Waals surface area contributed by atoms with Crippen LogP contribution < -0.4 is 10.6 Å². The Morgan fingerprint density at radius 3 is 2.53 bits per heavy atom. The summed E-state index contributed by atoms with van der Waals surface area (Å²) in [6.07, 6.45) is 0. The Bertz CT molecular complexity index is 381. The van der Waals surface area contributed by atoms with Gasteiger partial charge in [-0.05, 0) is 11.5 Å². The largest absolute Gasteiger partial charge is 0.337 e. The summed E-state index contributed by atoms with van der Waals surface area (Å²) in [5.74, 6) is -0.536.